The summed E-state index contributed by atoms with van der Waals surface area (Å²) in [5.41, 5.74) is 7.53. The van der Waals surface area contributed by atoms with Gasteiger partial charge in [0.1, 0.15) is 7.05 Å². The third-order valence-corrected chi connectivity index (χ3v) is 1.42. The second-order valence-corrected chi connectivity index (χ2v) is 2.21. The Bertz CT molecular complexity index is 218. The standard InChI is InChI=1S/C7H11N2/c1-6-3-4-7(8)5-9(6)2/h3-5H,8H2,1-2H3/q+1. The van der Waals surface area contributed by atoms with Gasteiger partial charge in [-0.15, -0.1) is 0 Å². The van der Waals surface area contributed by atoms with Crippen molar-refractivity contribution >= 4 is 5.69 Å². The van der Waals surface area contributed by atoms with Crippen molar-refractivity contribution in [1.82, 2.24) is 0 Å². The van der Waals surface area contributed by atoms with Gasteiger partial charge in [0.05, 0.1) is 5.69 Å². The first-order chi connectivity index (χ1) is 4.20. The Morgan fingerprint density at radius 1 is 1.44 bits per heavy atom. The van der Waals surface area contributed by atoms with E-state index in [0.717, 1.165) is 5.69 Å². The van der Waals surface area contributed by atoms with Crippen molar-refractivity contribution in [3.63, 3.8) is 0 Å². The summed E-state index contributed by atoms with van der Waals surface area (Å²) >= 11 is 0. The highest BCUT2D eigenvalue weighted by Gasteiger charge is 1.97. The zero-order chi connectivity index (χ0) is 6.85. The molecule has 0 unspecified atom stereocenters. The third kappa shape index (κ3) is 1.19. The normalized spacial score (nSPS) is 9.56. The molecule has 0 aliphatic rings. The van der Waals surface area contributed by atoms with Crippen molar-refractivity contribution in [2.75, 3.05) is 5.73 Å². The van der Waals surface area contributed by atoms with Crippen LogP contribution in [0, 0.1) is 6.92 Å². The van der Waals surface area contributed by atoms with Gasteiger partial charge in [-0.2, -0.15) is 0 Å². The fourth-order valence-electron chi connectivity index (χ4n) is 0.703. The lowest BCUT2D eigenvalue weighted by atomic mass is 10.3. The SMILES string of the molecule is Cc1ccc(N)c[n+]1C. The Balaban J connectivity index is 3.17. The summed E-state index contributed by atoms with van der Waals surface area (Å²) in [5.74, 6) is 0. The number of aryl methyl sites for hydroxylation is 2. The number of nitrogens with zero attached hydrogens (tertiary/aromatic N) is 1. The number of nitrogen functional groups attached to an aromatic ring is 1. The van der Waals surface area contributed by atoms with Crippen LogP contribution < -0.4 is 10.3 Å². The molecule has 0 aromatic carbocycles. The fourth-order valence-corrected chi connectivity index (χ4v) is 0.703. The van der Waals surface area contributed by atoms with Crippen LogP contribution in [0.5, 0.6) is 0 Å². The van der Waals surface area contributed by atoms with Crippen molar-refractivity contribution < 1.29 is 4.57 Å². The third-order valence-electron chi connectivity index (χ3n) is 1.42. The summed E-state index contributed by atoms with van der Waals surface area (Å²) in [7, 11) is 1.98. The van der Waals surface area contributed by atoms with E-state index in [2.05, 4.69) is 0 Å². The lowest BCUT2D eigenvalue weighted by molar-refractivity contribution is -0.677. The molecule has 0 saturated carbocycles. The lowest BCUT2D eigenvalue weighted by Crippen LogP contribution is -2.31. The molecule has 0 spiro atoms. The fraction of sp³-hybridized carbons (Fsp3) is 0.286. The van der Waals surface area contributed by atoms with Crippen LogP contribution in [0.2, 0.25) is 0 Å². The molecule has 0 amide bonds. The summed E-state index contributed by atoms with van der Waals surface area (Å²) in [6.07, 6.45) is 1.90. The maximum absolute atomic E-state index is 5.51. The molecule has 1 rings (SSSR count). The molecule has 9 heavy (non-hydrogen) atoms. The van der Waals surface area contributed by atoms with E-state index in [4.69, 9.17) is 5.73 Å². The summed E-state index contributed by atoms with van der Waals surface area (Å²) in [5, 5.41) is 0. The van der Waals surface area contributed by atoms with Crippen LogP contribution in [0.3, 0.4) is 0 Å². The Kier molecular flexibility index (Phi) is 1.39. The second-order valence-electron chi connectivity index (χ2n) is 2.21. The Morgan fingerprint density at radius 2 is 2.11 bits per heavy atom. The molecule has 1 aromatic heterocycles. The minimum absolute atomic E-state index is 0.808. The first kappa shape index (κ1) is 6.08. The summed E-state index contributed by atoms with van der Waals surface area (Å²) in [6, 6.07) is 3.89. The number of nitrogens with two attached hydrogens (primary N) is 1. The van der Waals surface area contributed by atoms with E-state index >= 15 is 0 Å². The Morgan fingerprint density at radius 3 is 2.56 bits per heavy atom. The van der Waals surface area contributed by atoms with E-state index in [1.165, 1.54) is 5.69 Å². The maximum atomic E-state index is 5.51. The molecule has 0 bridgehead atoms. The number of anilines is 1. The zero-order valence-electron chi connectivity index (χ0n) is 5.76. The van der Waals surface area contributed by atoms with E-state index in [-0.39, 0.29) is 0 Å². The van der Waals surface area contributed by atoms with Crippen molar-refractivity contribution in [3.05, 3.63) is 24.0 Å². The highest BCUT2D eigenvalue weighted by Crippen LogP contribution is 1.95. The van der Waals surface area contributed by atoms with Crippen molar-refractivity contribution in [2.24, 2.45) is 7.05 Å². The molecule has 1 heterocycles. The van der Waals surface area contributed by atoms with Crippen LogP contribution in [0.1, 0.15) is 5.69 Å². The predicted molar refractivity (Wildman–Crippen MR) is 36.8 cm³/mol. The summed E-state index contributed by atoms with van der Waals surface area (Å²) in [6.45, 7) is 2.04. The quantitative estimate of drug-likeness (QED) is 0.497. The van der Waals surface area contributed by atoms with Crippen LogP contribution in [0.4, 0.5) is 5.69 Å². The predicted octanol–water partition coefficient (Wildman–Crippen LogP) is 0.402. The molecule has 0 fully saturated rings. The number of rotatable bonds is 0. The van der Waals surface area contributed by atoms with Crippen LogP contribution in [0.15, 0.2) is 18.3 Å². The van der Waals surface area contributed by atoms with Crippen molar-refractivity contribution in [3.8, 4) is 0 Å². The molecular weight excluding hydrogens is 112 g/mol. The van der Waals surface area contributed by atoms with Crippen LogP contribution in [-0.4, -0.2) is 0 Å². The van der Waals surface area contributed by atoms with Crippen LogP contribution in [0.25, 0.3) is 0 Å². The minimum Gasteiger partial charge on any atom is -0.394 e. The summed E-state index contributed by atoms with van der Waals surface area (Å²) in [4.78, 5) is 0. The monoisotopic (exact) mass is 123 g/mol. The van der Waals surface area contributed by atoms with Gasteiger partial charge in [0.15, 0.2) is 11.9 Å². The smallest absolute Gasteiger partial charge is 0.191 e. The lowest BCUT2D eigenvalue weighted by Gasteiger charge is -1.92. The number of aromatic nitrogens is 1. The molecule has 48 valence electrons. The topological polar surface area (TPSA) is 29.9 Å². The highest BCUT2D eigenvalue weighted by atomic mass is 14.9. The highest BCUT2D eigenvalue weighted by molar-refractivity contribution is 5.31. The van der Waals surface area contributed by atoms with E-state index < -0.39 is 0 Å². The van der Waals surface area contributed by atoms with Gasteiger partial charge in [-0.25, -0.2) is 4.57 Å². The molecule has 0 atom stereocenters. The van der Waals surface area contributed by atoms with Crippen LogP contribution >= 0.6 is 0 Å². The van der Waals surface area contributed by atoms with E-state index in [1.807, 2.05) is 36.9 Å². The molecule has 1 aromatic rings. The van der Waals surface area contributed by atoms with Crippen molar-refractivity contribution in [2.45, 2.75) is 6.92 Å². The first-order valence-corrected chi connectivity index (χ1v) is 2.92. The molecule has 0 saturated heterocycles. The average Bonchev–Trinajstić information content (AvgIpc) is 1.80. The molecule has 2 heteroatoms. The van der Waals surface area contributed by atoms with E-state index in [0.29, 0.717) is 0 Å². The zero-order valence-corrected chi connectivity index (χ0v) is 5.76. The van der Waals surface area contributed by atoms with E-state index in [9.17, 15) is 0 Å². The van der Waals surface area contributed by atoms with Gasteiger partial charge in [-0.05, 0) is 6.07 Å². The summed E-state index contributed by atoms with van der Waals surface area (Å²) < 4.78 is 2.00. The largest absolute Gasteiger partial charge is 0.394 e. The second kappa shape index (κ2) is 2.05. The van der Waals surface area contributed by atoms with Gasteiger partial charge in [-0.1, -0.05) is 0 Å². The molecular formula is C7H11N2+. The molecule has 2 N–H and O–H groups in total. The van der Waals surface area contributed by atoms with Gasteiger partial charge in [0.25, 0.3) is 0 Å². The molecule has 0 aliphatic heterocycles. The Labute approximate surface area is 54.9 Å². The van der Waals surface area contributed by atoms with Gasteiger partial charge >= 0.3 is 0 Å². The number of hydrogen-bond acceptors (Lipinski definition) is 1. The van der Waals surface area contributed by atoms with Gasteiger partial charge in [0.2, 0.25) is 0 Å². The molecule has 2 nitrogen and oxygen atoms in total. The first-order valence-electron chi connectivity index (χ1n) is 2.92. The number of hydrogen-bond donors (Lipinski definition) is 1. The van der Waals surface area contributed by atoms with Crippen molar-refractivity contribution in [1.29, 1.82) is 0 Å². The molecule has 0 aliphatic carbocycles. The van der Waals surface area contributed by atoms with Gasteiger partial charge < -0.3 is 5.73 Å². The Hall–Kier alpha value is -1.05. The van der Waals surface area contributed by atoms with Gasteiger partial charge in [-0.3, -0.25) is 0 Å². The number of pyridine rings is 1. The molecule has 0 radical (unpaired) electrons. The maximum Gasteiger partial charge on any atom is 0.191 e. The van der Waals surface area contributed by atoms with Gasteiger partial charge in [0, 0.05) is 13.0 Å². The average molecular weight is 123 g/mol. The van der Waals surface area contributed by atoms with Crippen LogP contribution in [-0.2, 0) is 7.05 Å². The van der Waals surface area contributed by atoms with E-state index in [1.54, 1.807) is 0 Å². The minimum atomic E-state index is 0.808.